The standard InChI is InChI=1S/C12H6ClFN2S/c13-9-3-2-6-16-12(9)17-11-5-1-4-10(14)8(11)7-15/h1-6H. The molecule has 84 valence electrons. The number of benzene rings is 1. The largest absolute Gasteiger partial charge is 0.248 e. The van der Waals surface area contributed by atoms with E-state index in [2.05, 4.69) is 4.98 Å². The molecule has 0 fully saturated rings. The van der Waals surface area contributed by atoms with Gasteiger partial charge in [-0.1, -0.05) is 29.4 Å². The summed E-state index contributed by atoms with van der Waals surface area (Å²) in [5.41, 5.74) is 0.0132. The van der Waals surface area contributed by atoms with Gasteiger partial charge in [-0.25, -0.2) is 9.37 Å². The fraction of sp³-hybridized carbons (Fsp3) is 0. The Labute approximate surface area is 107 Å². The van der Waals surface area contributed by atoms with Crippen molar-refractivity contribution >= 4 is 23.4 Å². The van der Waals surface area contributed by atoms with Gasteiger partial charge in [-0.2, -0.15) is 5.26 Å². The molecule has 0 aliphatic carbocycles. The maximum Gasteiger partial charge on any atom is 0.142 e. The number of rotatable bonds is 2. The van der Waals surface area contributed by atoms with Crippen LogP contribution < -0.4 is 0 Å². The van der Waals surface area contributed by atoms with E-state index in [4.69, 9.17) is 16.9 Å². The van der Waals surface area contributed by atoms with E-state index in [1.165, 1.54) is 17.8 Å². The number of halogens is 2. The minimum atomic E-state index is -0.537. The van der Waals surface area contributed by atoms with Gasteiger partial charge in [0.15, 0.2) is 0 Å². The minimum Gasteiger partial charge on any atom is -0.248 e. The van der Waals surface area contributed by atoms with E-state index < -0.39 is 5.82 Å². The van der Waals surface area contributed by atoms with E-state index >= 15 is 0 Å². The van der Waals surface area contributed by atoms with Crippen molar-refractivity contribution < 1.29 is 4.39 Å². The summed E-state index contributed by atoms with van der Waals surface area (Å²) < 4.78 is 13.4. The van der Waals surface area contributed by atoms with Crippen LogP contribution in [0, 0.1) is 17.1 Å². The Balaban J connectivity index is 2.41. The third-order valence-electron chi connectivity index (χ3n) is 2.02. The first-order valence-corrected chi connectivity index (χ1v) is 5.89. The van der Waals surface area contributed by atoms with Crippen LogP contribution in [0.25, 0.3) is 0 Å². The van der Waals surface area contributed by atoms with Crippen molar-refractivity contribution in [3.8, 4) is 6.07 Å². The second-order valence-electron chi connectivity index (χ2n) is 3.12. The quantitative estimate of drug-likeness (QED) is 0.825. The van der Waals surface area contributed by atoms with Crippen LogP contribution in [0.4, 0.5) is 4.39 Å². The van der Waals surface area contributed by atoms with E-state index in [-0.39, 0.29) is 5.56 Å². The van der Waals surface area contributed by atoms with Crippen molar-refractivity contribution in [3.05, 3.63) is 52.9 Å². The summed E-state index contributed by atoms with van der Waals surface area (Å²) in [4.78, 5) is 4.59. The molecular weight excluding hydrogens is 259 g/mol. The monoisotopic (exact) mass is 264 g/mol. The molecule has 0 unspecified atom stereocenters. The molecular formula is C12H6ClFN2S. The van der Waals surface area contributed by atoms with Gasteiger partial charge in [0.05, 0.1) is 5.02 Å². The summed E-state index contributed by atoms with van der Waals surface area (Å²) in [7, 11) is 0. The first kappa shape index (κ1) is 11.9. The number of hydrogen-bond acceptors (Lipinski definition) is 3. The van der Waals surface area contributed by atoms with Crippen molar-refractivity contribution in [2.45, 2.75) is 9.92 Å². The van der Waals surface area contributed by atoms with E-state index in [9.17, 15) is 4.39 Å². The Morgan fingerprint density at radius 2 is 2.12 bits per heavy atom. The van der Waals surface area contributed by atoms with Gasteiger partial charge in [-0.15, -0.1) is 0 Å². The van der Waals surface area contributed by atoms with Gasteiger partial charge >= 0.3 is 0 Å². The maximum atomic E-state index is 13.4. The van der Waals surface area contributed by atoms with Gasteiger partial charge in [-0.3, -0.25) is 0 Å². The van der Waals surface area contributed by atoms with Crippen molar-refractivity contribution in [1.29, 1.82) is 5.26 Å². The molecule has 1 aromatic heterocycles. The summed E-state index contributed by atoms with van der Waals surface area (Å²) in [6, 6.07) is 9.71. The first-order valence-electron chi connectivity index (χ1n) is 4.69. The van der Waals surface area contributed by atoms with Gasteiger partial charge in [0.25, 0.3) is 0 Å². The van der Waals surface area contributed by atoms with Gasteiger partial charge < -0.3 is 0 Å². The Kier molecular flexibility index (Phi) is 3.62. The van der Waals surface area contributed by atoms with Gasteiger partial charge in [0.2, 0.25) is 0 Å². The van der Waals surface area contributed by atoms with Crippen LogP contribution in [0.2, 0.25) is 5.02 Å². The molecule has 2 rings (SSSR count). The Hall–Kier alpha value is -1.57. The fourth-order valence-electron chi connectivity index (χ4n) is 1.25. The number of nitriles is 1. The molecule has 1 aromatic carbocycles. The van der Waals surface area contributed by atoms with Crippen LogP contribution in [0.15, 0.2) is 46.5 Å². The molecule has 0 bridgehead atoms. The molecule has 0 saturated heterocycles. The number of pyridine rings is 1. The molecule has 0 spiro atoms. The number of aromatic nitrogens is 1. The average Bonchev–Trinajstić information content (AvgIpc) is 2.32. The van der Waals surface area contributed by atoms with Gasteiger partial charge in [0.1, 0.15) is 22.5 Å². The lowest BCUT2D eigenvalue weighted by atomic mass is 10.2. The normalized spacial score (nSPS) is 9.94. The zero-order valence-electron chi connectivity index (χ0n) is 8.52. The van der Waals surface area contributed by atoms with Crippen molar-refractivity contribution in [1.82, 2.24) is 4.98 Å². The number of hydrogen-bond donors (Lipinski definition) is 0. The van der Waals surface area contributed by atoms with Crippen LogP contribution in [0.5, 0.6) is 0 Å². The zero-order chi connectivity index (χ0) is 12.3. The molecule has 0 radical (unpaired) electrons. The highest BCUT2D eigenvalue weighted by atomic mass is 35.5. The fourth-order valence-corrected chi connectivity index (χ4v) is 2.36. The van der Waals surface area contributed by atoms with Gasteiger partial charge in [0, 0.05) is 11.1 Å². The lowest BCUT2D eigenvalue weighted by Crippen LogP contribution is -1.88. The second-order valence-corrected chi connectivity index (χ2v) is 4.56. The molecule has 2 aromatic rings. The Morgan fingerprint density at radius 1 is 1.29 bits per heavy atom. The molecule has 5 heteroatoms. The van der Waals surface area contributed by atoms with Crippen molar-refractivity contribution in [2.75, 3.05) is 0 Å². The summed E-state index contributed by atoms with van der Waals surface area (Å²) in [5, 5.41) is 9.92. The highest BCUT2D eigenvalue weighted by molar-refractivity contribution is 7.99. The van der Waals surface area contributed by atoms with Crippen molar-refractivity contribution in [2.24, 2.45) is 0 Å². The molecule has 0 aliphatic heterocycles. The smallest absolute Gasteiger partial charge is 0.142 e. The summed E-state index contributed by atoms with van der Waals surface area (Å²) in [6.07, 6.45) is 1.60. The first-order chi connectivity index (χ1) is 8.22. The zero-order valence-corrected chi connectivity index (χ0v) is 10.1. The Bertz CT molecular complexity index is 595. The average molecular weight is 265 g/mol. The van der Waals surface area contributed by atoms with Gasteiger partial charge in [-0.05, 0) is 24.3 Å². The SMILES string of the molecule is N#Cc1c(F)cccc1Sc1ncccc1Cl. The molecule has 0 atom stereocenters. The molecule has 2 nitrogen and oxygen atoms in total. The van der Waals surface area contributed by atoms with Crippen LogP contribution in [-0.2, 0) is 0 Å². The van der Waals surface area contributed by atoms with E-state index in [0.29, 0.717) is 14.9 Å². The van der Waals surface area contributed by atoms with E-state index in [1.54, 1.807) is 30.5 Å². The third-order valence-corrected chi connectivity index (χ3v) is 3.51. The second kappa shape index (κ2) is 5.17. The summed E-state index contributed by atoms with van der Waals surface area (Å²) in [5.74, 6) is -0.537. The molecule has 0 aliphatic rings. The molecule has 0 saturated carbocycles. The lowest BCUT2D eigenvalue weighted by Gasteiger charge is -2.04. The minimum absolute atomic E-state index is 0.0132. The molecule has 17 heavy (non-hydrogen) atoms. The summed E-state index contributed by atoms with van der Waals surface area (Å²) in [6.45, 7) is 0. The molecule has 1 heterocycles. The third kappa shape index (κ3) is 2.57. The van der Waals surface area contributed by atoms with Crippen LogP contribution in [0.1, 0.15) is 5.56 Å². The van der Waals surface area contributed by atoms with Crippen LogP contribution in [-0.4, -0.2) is 4.98 Å². The predicted molar refractivity (Wildman–Crippen MR) is 64.5 cm³/mol. The number of nitrogens with zero attached hydrogens (tertiary/aromatic N) is 2. The van der Waals surface area contributed by atoms with E-state index in [1.807, 2.05) is 6.07 Å². The van der Waals surface area contributed by atoms with Crippen LogP contribution in [0.3, 0.4) is 0 Å². The maximum absolute atomic E-state index is 13.4. The highest BCUT2D eigenvalue weighted by Gasteiger charge is 2.11. The van der Waals surface area contributed by atoms with Crippen molar-refractivity contribution in [3.63, 3.8) is 0 Å². The molecule has 0 amide bonds. The van der Waals surface area contributed by atoms with Crippen LogP contribution >= 0.6 is 23.4 Å². The lowest BCUT2D eigenvalue weighted by molar-refractivity contribution is 0.620. The highest BCUT2D eigenvalue weighted by Crippen LogP contribution is 2.33. The topological polar surface area (TPSA) is 36.7 Å². The summed E-state index contributed by atoms with van der Waals surface area (Å²) >= 11 is 7.12. The predicted octanol–water partition coefficient (Wildman–Crippen LogP) is 3.90. The van der Waals surface area contributed by atoms with E-state index in [0.717, 1.165) is 0 Å². The molecule has 0 N–H and O–H groups in total. The Morgan fingerprint density at radius 3 is 2.82 bits per heavy atom.